The van der Waals surface area contributed by atoms with Crippen LogP contribution in [-0.4, -0.2) is 25.0 Å². The highest BCUT2D eigenvalue weighted by molar-refractivity contribution is 5.86. The molecule has 0 bridgehead atoms. The first kappa shape index (κ1) is 13.9. The van der Waals surface area contributed by atoms with Crippen molar-refractivity contribution in [3.63, 3.8) is 0 Å². The minimum Gasteiger partial charge on any atom is -0.504 e. The molecule has 0 unspecified atom stereocenters. The lowest BCUT2D eigenvalue weighted by Gasteiger charge is -2.05. The predicted octanol–water partition coefficient (Wildman–Crippen LogP) is 3.55. The van der Waals surface area contributed by atoms with Gasteiger partial charge in [0.05, 0.1) is 19.4 Å². The lowest BCUT2D eigenvalue weighted by molar-refractivity contribution is 0.340. The van der Waals surface area contributed by atoms with Crippen LogP contribution in [0.3, 0.4) is 0 Å². The minimum atomic E-state index is 0.0877. The van der Waals surface area contributed by atoms with Gasteiger partial charge in [-0.3, -0.25) is 4.99 Å². The molecule has 0 fully saturated rings. The lowest BCUT2D eigenvalue weighted by atomic mass is 10.2. The fraction of sp³-hybridized carbons (Fsp3) is 0.188. The number of para-hydroxylation sites is 1. The third-order valence-electron chi connectivity index (χ3n) is 2.75. The summed E-state index contributed by atoms with van der Waals surface area (Å²) in [6.07, 6.45) is 1.60. The first-order chi connectivity index (χ1) is 9.74. The van der Waals surface area contributed by atoms with E-state index in [0.29, 0.717) is 17.9 Å². The second kappa shape index (κ2) is 6.61. The van der Waals surface area contributed by atoms with Crippen LogP contribution in [0.2, 0.25) is 0 Å². The molecule has 0 aliphatic rings. The summed E-state index contributed by atoms with van der Waals surface area (Å²) in [6, 6.07) is 12.7. The summed E-state index contributed by atoms with van der Waals surface area (Å²) in [4.78, 5) is 4.32. The van der Waals surface area contributed by atoms with Crippen molar-refractivity contribution in [1.82, 2.24) is 0 Å². The molecule has 104 valence electrons. The number of hydrogen-bond donors (Lipinski definition) is 1. The van der Waals surface area contributed by atoms with Gasteiger partial charge in [-0.2, -0.15) is 0 Å². The molecule has 0 radical (unpaired) electrons. The second-order valence-electron chi connectivity index (χ2n) is 4.08. The molecule has 1 N–H and O–H groups in total. The Morgan fingerprint density at radius 3 is 2.55 bits per heavy atom. The van der Waals surface area contributed by atoms with Crippen LogP contribution in [0.15, 0.2) is 47.5 Å². The van der Waals surface area contributed by atoms with E-state index in [1.165, 1.54) is 7.11 Å². The van der Waals surface area contributed by atoms with E-state index in [0.717, 1.165) is 11.4 Å². The Balaban J connectivity index is 2.16. The van der Waals surface area contributed by atoms with Gasteiger partial charge in [-0.1, -0.05) is 6.07 Å². The van der Waals surface area contributed by atoms with Crippen molar-refractivity contribution in [2.75, 3.05) is 13.7 Å². The van der Waals surface area contributed by atoms with Crippen LogP contribution >= 0.6 is 0 Å². The molecule has 0 saturated carbocycles. The zero-order chi connectivity index (χ0) is 14.4. The first-order valence-corrected chi connectivity index (χ1v) is 6.37. The smallest absolute Gasteiger partial charge is 0.166 e. The number of aromatic hydroxyl groups is 1. The SMILES string of the molecule is CCOc1ccc(N=Cc2cccc(OC)c2O)cc1. The monoisotopic (exact) mass is 271 g/mol. The van der Waals surface area contributed by atoms with Gasteiger partial charge in [0.1, 0.15) is 5.75 Å². The van der Waals surface area contributed by atoms with Gasteiger partial charge in [0.15, 0.2) is 11.5 Å². The number of phenolic OH excluding ortho intramolecular Hbond substituents is 1. The van der Waals surface area contributed by atoms with E-state index in [9.17, 15) is 5.11 Å². The van der Waals surface area contributed by atoms with E-state index < -0.39 is 0 Å². The van der Waals surface area contributed by atoms with Crippen molar-refractivity contribution in [2.24, 2.45) is 4.99 Å². The number of rotatable bonds is 5. The summed E-state index contributed by atoms with van der Waals surface area (Å²) in [7, 11) is 1.52. The molecule has 0 amide bonds. The van der Waals surface area contributed by atoms with E-state index in [4.69, 9.17) is 9.47 Å². The number of ether oxygens (including phenoxy) is 2. The summed E-state index contributed by atoms with van der Waals surface area (Å²) >= 11 is 0. The van der Waals surface area contributed by atoms with E-state index in [1.54, 1.807) is 24.4 Å². The summed E-state index contributed by atoms with van der Waals surface area (Å²) in [5.41, 5.74) is 1.40. The molecule has 0 saturated heterocycles. The maximum atomic E-state index is 9.94. The van der Waals surface area contributed by atoms with Gasteiger partial charge in [0, 0.05) is 11.8 Å². The number of benzene rings is 2. The molecular weight excluding hydrogens is 254 g/mol. The van der Waals surface area contributed by atoms with Crippen LogP contribution in [-0.2, 0) is 0 Å². The fourth-order valence-electron chi connectivity index (χ4n) is 1.75. The van der Waals surface area contributed by atoms with Gasteiger partial charge < -0.3 is 14.6 Å². The lowest BCUT2D eigenvalue weighted by Crippen LogP contribution is -1.90. The minimum absolute atomic E-state index is 0.0877. The van der Waals surface area contributed by atoms with Crippen molar-refractivity contribution in [3.05, 3.63) is 48.0 Å². The largest absolute Gasteiger partial charge is 0.504 e. The highest BCUT2D eigenvalue weighted by atomic mass is 16.5. The molecule has 0 aliphatic carbocycles. The highest BCUT2D eigenvalue weighted by Crippen LogP contribution is 2.28. The molecule has 0 atom stereocenters. The van der Waals surface area contributed by atoms with Crippen LogP contribution in [0.25, 0.3) is 0 Å². The van der Waals surface area contributed by atoms with E-state index >= 15 is 0 Å². The second-order valence-corrected chi connectivity index (χ2v) is 4.08. The summed E-state index contributed by atoms with van der Waals surface area (Å²) in [5.74, 6) is 1.33. The fourth-order valence-corrected chi connectivity index (χ4v) is 1.75. The van der Waals surface area contributed by atoms with Crippen molar-refractivity contribution in [3.8, 4) is 17.2 Å². The molecular formula is C16H17NO3. The predicted molar refractivity (Wildman–Crippen MR) is 79.5 cm³/mol. The molecule has 0 aromatic heterocycles. The maximum Gasteiger partial charge on any atom is 0.166 e. The third kappa shape index (κ3) is 3.29. The first-order valence-electron chi connectivity index (χ1n) is 6.37. The zero-order valence-corrected chi connectivity index (χ0v) is 11.5. The Morgan fingerprint density at radius 2 is 1.90 bits per heavy atom. The molecule has 20 heavy (non-hydrogen) atoms. The zero-order valence-electron chi connectivity index (χ0n) is 11.5. The topological polar surface area (TPSA) is 51.0 Å². The van der Waals surface area contributed by atoms with Crippen molar-refractivity contribution in [1.29, 1.82) is 0 Å². The summed E-state index contributed by atoms with van der Waals surface area (Å²) in [5, 5.41) is 9.94. The average Bonchev–Trinajstić information content (AvgIpc) is 2.48. The van der Waals surface area contributed by atoms with Gasteiger partial charge in [0.2, 0.25) is 0 Å². The normalized spacial score (nSPS) is 10.7. The number of methoxy groups -OCH3 is 1. The van der Waals surface area contributed by atoms with E-state index in [2.05, 4.69) is 4.99 Å². The van der Waals surface area contributed by atoms with Gasteiger partial charge >= 0.3 is 0 Å². The van der Waals surface area contributed by atoms with Crippen molar-refractivity contribution < 1.29 is 14.6 Å². The molecule has 0 spiro atoms. The Hall–Kier alpha value is -2.49. The summed E-state index contributed by atoms with van der Waals surface area (Å²) < 4.78 is 10.4. The molecule has 2 aromatic rings. The Kier molecular flexibility index (Phi) is 4.60. The van der Waals surface area contributed by atoms with E-state index in [1.807, 2.05) is 31.2 Å². The maximum absolute atomic E-state index is 9.94. The molecule has 0 heterocycles. The molecule has 4 heteroatoms. The number of hydrogen-bond acceptors (Lipinski definition) is 4. The standard InChI is InChI=1S/C16H17NO3/c1-3-20-14-9-7-13(8-10-14)17-11-12-5-4-6-15(19-2)16(12)18/h4-11,18H,3H2,1-2H3. The Morgan fingerprint density at radius 1 is 1.15 bits per heavy atom. The van der Waals surface area contributed by atoms with Gasteiger partial charge in [-0.25, -0.2) is 0 Å². The number of aliphatic imine (C=N–C) groups is 1. The van der Waals surface area contributed by atoms with Crippen LogP contribution in [0.1, 0.15) is 12.5 Å². The van der Waals surface area contributed by atoms with Crippen LogP contribution < -0.4 is 9.47 Å². The summed E-state index contributed by atoms with van der Waals surface area (Å²) in [6.45, 7) is 2.58. The number of phenols is 1. The van der Waals surface area contributed by atoms with Gasteiger partial charge in [-0.05, 0) is 43.3 Å². The van der Waals surface area contributed by atoms with Crippen molar-refractivity contribution >= 4 is 11.9 Å². The molecule has 2 aromatic carbocycles. The highest BCUT2D eigenvalue weighted by Gasteiger charge is 2.04. The quantitative estimate of drug-likeness (QED) is 0.846. The third-order valence-corrected chi connectivity index (χ3v) is 2.75. The van der Waals surface area contributed by atoms with Crippen molar-refractivity contribution in [2.45, 2.75) is 6.92 Å². The van der Waals surface area contributed by atoms with Crippen LogP contribution in [0.5, 0.6) is 17.2 Å². The van der Waals surface area contributed by atoms with Crippen LogP contribution in [0, 0.1) is 0 Å². The Labute approximate surface area is 118 Å². The van der Waals surface area contributed by atoms with E-state index in [-0.39, 0.29) is 5.75 Å². The Bertz CT molecular complexity index is 591. The molecule has 2 rings (SSSR count). The van der Waals surface area contributed by atoms with Crippen LogP contribution in [0.4, 0.5) is 5.69 Å². The number of nitrogens with zero attached hydrogens (tertiary/aromatic N) is 1. The molecule has 0 aliphatic heterocycles. The average molecular weight is 271 g/mol. The van der Waals surface area contributed by atoms with Gasteiger partial charge in [0.25, 0.3) is 0 Å². The van der Waals surface area contributed by atoms with Gasteiger partial charge in [-0.15, -0.1) is 0 Å². The molecule has 4 nitrogen and oxygen atoms in total.